The molecular formula is C9H13BrF4O3. The number of halogens is 5. The van der Waals surface area contributed by atoms with Gasteiger partial charge in [0.1, 0.15) is 12.7 Å². The Bertz CT molecular complexity index is 255. The van der Waals surface area contributed by atoms with Crippen LogP contribution in [0.1, 0.15) is 26.7 Å². The fourth-order valence-electron chi connectivity index (χ4n) is 0.686. The van der Waals surface area contributed by atoms with E-state index in [-0.39, 0.29) is 0 Å². The Balaban J connectivity index is 3.96. The summed E-state index contributed by atoms with van der Waals surface area (Å²) in [6, 6.07) is 0. The van der Waals surface area contributed by atoms with Crippen LogP contribution in [0.15, 0.2) is 0 Å². The van der Waals surface area contributed by atoms with Gasteiger partial charge < -0.3 is 9.47 Å². The smallest absolute Gasteiger partial charge is 0.434 e. The number of alkyl halides is 5. The molecule has 0 rings (SSSR count). The molecule has 0 amide bonds. The minimum atomic E-state index is -4.33. The molecule has 0 spiro atoms. The number of hydrogen-bond acceptors (Lipinski definition) is 3. The van der Waals surface area contributed by atoms with Gasteiger partial charge in [-0.25, -0.2) is 4.79 Å². The molecular weight excluding hydrogens is 312 g/mol. The molecule has 0 bridgehead atoms. The summed E-state index contributed by atoms with van der Waals surface area (Å²) in [6.45, 7) is 2.49. The molecule has 0 radical (unpaired) electrons. The van der Waals surface area contributed by atoms with E-state index >= 15 is 0 Å². The fraction of sp³-hybridized carbons (Fsp3) is 0.889. The van der Waals surface area contributed by atoms with Crippen LogP contribution in [0.25, 0.3) is 0 Å². The summed E-state index contributed by atoms with van der Waals surface area (Å²) < 4.78 is 58.8. The average molecular weight is 325 g/mol. The maximum atomic E-state index is 12.7. The first-order chi connectivity index (χ1) is 7.60. The molecule has 0 heterocycles. The summed E-state index contributed by atoms with van der Waals surface area (Å²) in [6.07, 6.45) is -2.32. The minimum absolute atomic E-state index is 0.416. The van der Waals surface area contributed by atoms with Gasteiger partial charge >= 0.3 is 16.9 Å². The van der Waals surface area contributed by atoms with Crippen molar-refractivity contribution in [1.82, 2.24) is 0 Å². The highest BCUT2D eigenvalue weighted by molar-refractivity contribution is 9.10. The van der Waals surface area contributed by atoms with Crippen molar-refractivity contribution in [2.75, 3.05) is 6.61 Å². The summed E-state index contributed by atoms with van der Waals surface area (Å²) in [4.78, 5) is 6.53. The third-order valence-corrected chi connectivity index (χ3v) is 2.50. The third-order valence-electron chi connectivity index (χ3n) is 1.92. The van der Waals surface area contributed by atoms with Crippen molar-refractivity contribution >= 4 is 22.1 Å². The van der Waals surface area contributed by atoms with E-state index in [1.54, 1.807) is 29.8 Å². The number of rotatable bonds is 6. The summed E-state index contributed by atoms with van der Waals surface area (Å²) in [7, 11) is 0. The third kappa shape index (κ3) is 6.09. The zero-order chi connectivity index (χ0) is 13.7. The molecule has 0 aromatic rings. The van der Waals surface area contributed by atoms with Crippen LogP contribution < -0.4 is 0 Å². The zero-order valence-corrected chi connectivity index (χ0v) is 10.9. The Morgan fingerprint density at radius 3 is 2.29 bits per heavy atom. The first-order valence-electron chi connectivity index (χ1n) is 4.88. The van der Waals surface area contributed by atoms with Gasteiger partial charge in [0, 0.05) is 0 Å². The van der Waals surface area contributed by atoms with Crippen molar-refractivity contribution in [3.63, 3.8) is 0 Å². The Morgan fingerprint density at radius 2 is 1.88 bits per heavy atom. The second-order valence-electron chi connectivity index (χ2n) is 3.39. The molecule has 17 heavy (non-hydrogen) atoms. The van der Waals surface area contributed by atoms with E-state index in [0.717, 1.165) is 0 Å². The van der Waals surface area contributed by atoms with Gasteiger partial charge in [-0.05, 0) is 29.3 Å². The molecule has 102 valence electrons. The van der Waals surface area contributed by atoms with Crippen LogP contribution in [0.3, 0.4) is 0 Å². The van der Waals surface area contributed by atoms with E-state index < -0.39 is 36.0 Å². The highest BCUT2D eigenvalue weighted by atomic mass is 79.9. The van der Waals surface area contributed by atoms with E-state index in [1.807, 2.05) is 0 Å². The first kappa shape index (κ1) is 16.5. The van der Waals surface area contributed by atoms with Gasteiger partial charge in [-0.15, -0.1) is 0 Å². The lowest BCUT2D eigenvalue weighted by molar-refractivity contribution is -0.157. The second-order valence-corrected chi connectivity index (χ2v) is 4.38. The molecule has 0 N–H and O–H groups in total. The number of carbonyl (C=O) groups excluding carboxylic acids is 1. The molecule has 0 aromatic heterocycles. The fourth-order valence-corrected chi connectivity index (χ4v) is 0.884. The Labute approximate surface area is 105 Å². The number of hydrogen-bond donors (Lipinski definition) is 0. The van der Waals surface area contributed by atoms with Gasteiger partial charge in [-0.3, -0.25) is 0 Å². The Hall–Kier alpha value is -0.530. The maximum Gasteiger partial charge on any atom is 0.508 e. The first-order valence-corrected chi connectivity index (χ1v) is 5.67. The lowest BCUT2D eigenvalue weighted by Crippen LogP contribution is -2.36. The van der Waals surface area contributed by atoms with E-state index in [1.165, 1.54) is 0 Å². The van der Waals surface area contributed by atoms with Crippen LogP contribution in [0.2, 0.25) is 0 Å². The van der Waals surface area contributed by atoms with Crippen molar-refractivity contribution in [1.29, 1.82) is 0 Å². The largest absolute Gasteiger partial charge is 0.508 e. The molecule has 0 aliphatic heterocycles. The molecule has 0 fully saturated rings. The van der Waals surface area contributed by atoms with Gasteiger partial charge in [0.05, 0.1) is 6.42 Å². The molecule has 0 unspecified atom stereocenters. The molecule has 0 aliphatic rings. The lowest BCUT2D eigenvalue weighted by Gasteiger charge is -2.21. The van der Waals surface area contributed by atoms with Crippen molar-refractivity contribution in [2.45, 2.75) is 43.5 Å². The predicted molar refractivity (Wildman–Crippen MR) is 55.6 cm³/mol. The molecule has 1 atom stereocenters. The second kappa shape index (κ2) is 6.42. The van der Waals surface area contributed by atoms with Gasteiger partial charge in [0.25, 0.3) is 0 Å². The Morgan fingerprint density at radius 1 is 1.35 bits per heavy atom. The van der Waals surface area contributed by atoms with E-state index in [4.69, 9.17) is 0 Å². The zero-order valence-electron chi connectivity index (χ0n) is 9.31. The summed E-state index contributed by atoms with van der Waals surface area (Å²) in [5, 5.41) is 0. The Kier molecular flexibility index (Phi) is 6.22. The summed E-state index contributed by atoms with van der Waals surface area (Å²) >= 11 is 1.56. The molecule has 0 saturated carbocycles. The predicted octanol–water partition coefficient (Wildman–Crippen LogP) is 3.95. The van der Waals surface area contributed by atoms with Gasteiger partial charge in [-0.2, -0.15) is 17.6 Å². The van der Waals surface area contributed by atoms with Gasteiger partial charge in [0.15, 0.2) is 0 Å². The van der Waals surface area contributed by atoms with Crippen LogP contribution >= 0.6 is 15.9 Å². The van der Waals surface area contributed by atoms with Crippen LogP contribution in [0.4, 0.5) is 22.4 Å². The average Bonchev–Trinajstić information content (AvgIpc) is 2.15. The summed E-state index contributed by atoms with van der Waals surface area (Å²) in [5.74, 6) is -4.29. The molecule has 0 saturated heterocycles. The summed E-state index contributed by atoms with van der Waals surface area (Å²) in [5.41, 5.74) is 0. The number of ether oxygens (including phenoxy) is 2. The topological polar surface area (TPSA) is 35.5 Å². The minimum Gasteiger partial charge on any atom is -0.434 e. The van der Waals surface area contributed by atoms with E-state index in [2.05, 4.69) is 9.47 Å². The molecule has 0 aliphatic carbocycles. The normalized spacial score (nSPS) is 14.3. The SMILES string of the molecule is CC[C@@H](C)OC(=O)OCCC(F)(F)C(F)(F)Br. The van der Waals surface area contributed by atoms with Gasteiger partial charge in [0.2, 0.25) is 0 Å². The highest BCUT2D eigenvalue weighted by Crippen LogP contribution is 2.41. The molecule has 0 aromatic carbocycles. The lowest BCUT2D eigenvalue weighted by atomic mass is 10.2. The van der Waals surface area contributed by atoms with Crippen molar-refractivity contribution in [3.8, 4) is 0 Å². The van der Waals surface area contributed by atoms with Gasteiger partial charge in [-0.1, -0.05) is 6.92 Å². The van der Waals surface area contributed by atoms with Crippen molar-refractivity contribution < 1.29 is 31.8 Å². The highest BCUT2D eigenvalue weighted by Gasteiger charge is 2.53. The van der Waals surface area contributed by atoms with Crippen LogP contribution in [-0.2, 0) is 9.47 Å². The monoisotopic (exact) mass is 324 g/mol. The van der Waals surface area contributed by atoms with Crippen LogP contribution in [-0.4, -0.2) is 29.6 Å². The van der Waals surface area contributed by atoms with Crippen molar-refractivity contribution in [3.05, 3.63) is 0 Å². The van der Waals surface area contributed by atoms with E-state index in [9.17, 15) is 22.4 Å². The van der Waals surface area contributed by atoms with E-state index in [0.29, 0.717) is 6.42 Å². The van der Waals surface area contributed by atoms with Crippen molar-refractivity contribution in [2.24, 2.45) is 0 Å². The standard InChI is InChI=1S/C9H13BrF4O3/c1-3-6(2)17-7(15)16-5-4-8(11,12)9(10,13)14/h6H,3-5H2,1-2H3/t6-/m1/s1. The quantitative estimate of drug-likeness (QED) is 0.421. The molecule has 8 heteroatoms. The maximum absolute atomic E-state index is 12.7. The number of carbonyl (C=O) groups is 1. The van der Waals surface area contributed by atoms with Crippen LogP contribution in [0.5, 0.6) is 0 Å². The van der Waals surface area contributed by atoms with Crippen LogP contribution in [0, 0.1) is 0 Å². The molecule has 3 nitrogen and oxygen atoms in total.